The van der Waals surface area contributed by atoms with Crippen molar-refractivity contribution in [1.82, 2.24) is 0 Å². The molecular weight excluding hydrogens is 433 g/mol. The van der Waals surface area contributed by atoms with Crippen LogP contribution in [-0.4, -0.2) is 0 Å². The predicted octanol–water partition coefficient (Wildman–Crippen LogP) is 7.26. The van der Waals surface area contributed by atoms with Crippen LogP contribution in [0.5, 0.6) is 5.75 Å². The molecule has 134 valence electrons. The summed E-state index contributed by atoms with van der Waals surface area (Å²) < 4.78 is 6.86. The third kappa shape index (κ3) is 5.16. The van der Waals surface area contributed by atoms with Crippen molar-refractivity contribution in [2.45, 2.75) is 20.1 Å². The first-order valence-electron chi connectivity index (χ1n) is 8.17. The molecule has 0 saturated carbocycles. The Bertz CT molecular complexity index is 857. The first kappa shape index (κ1) is 19.1. The third-order valence-corrected chi connectivity index (χ3v) is 4.99. The minimum atomic E-state index is 0.410. The molecule has 0 heterocycles. The normalized spacial score (nSPS) is 10.6. The van der Waals surface area contributed by atoms with Crippen LogP contribution in [0, 0.1) is 6.92 Å². The van der Waals surface area contributed by atoms with Gasteiger partial charge in [-0.2, -0.15) is 0 Å². The van der Waals surface area contributed by atoms with Gasteiger partial charge in [-0.3, -0.25) is 0 Å². The summed E-state index contributed by atoms with van der Waals surface area (Å²) in [7, 11) is 0. The lowest BCUT2D eigenvalue weighted by Crippen LogP contribution is -2.01. The van der Waals surface area contributed by atoms with Crippen molar-refractivity contribution in [3.8, 4) is 5.75 Å². The Morgan fingerprint density at radius 1 is 0.885 bits per heavy atom. The van der Waals surface area contributed by atoms with E-state index in [4.69, 9.17) is 27.9 Å². The number of halogens is 3. The van der Waals surface area contributed by atoms with E-state index < -0.39 is 0 Å². The van der Waals surface area contributed by atoms with Gasteiger partial charge in [-0.25, -0.2) is 0 Å². The topological polar surface area (TPSA) is 21.3 Å². The third-order valence-electron chi connectivity index (χ3n) is 3.90. The fourth-order valence-electron chi connectivity index (χ4n) is 2.46. The SMILES string of the molecule is Cc1ccc(NCc2cc(Cl)c(OCc3ccc(Br)cc3)c(Cl)c2)cc1. The van der Waals surface area contributed by atoms with Gasteiger partial charge >= 0.3 is 0 Å². The van der Waals surface area contributed by atoms with Crippen LogP contribution in [0.15, 0.2) is 65.1 Å². The molecule has 3 rings (SSSR count). The molecule has 0 aliphatic heterocycles. The highest BCUT2D eigenvalue weighted by Gasteiger charge is 2.10. The lowest BCUT2D eigenvalue weighted by Gasteiger charge is -2.13. The summed E-state index contributed by atoms with van der Waals surface area (Å²) in [6, 6.07) is 19.9. The number of hydrogen-bond donors (Lipinski definition) is 1. The second-order valence-electron chi connectivity index (χ2n) is 6.02. The molecule has 0 saturated heterocycles. The average molecular weight is 451 g/mol. The molecule has 1 N–H and O–H groups in total. The van der Waals surface area contributed by atoms with Crippen molar-refractivity contribution in [3.05, 3.63) is 91.9 Å². The van der Waals surface area contributed by atoms with Gasteiger partial charge < -0.3 is 10.1 Å². The van der Waals surface area contributed by atoms with Crippen LogP contribution in [0.25, 0.3) is 0 Å². The van der Waals surface area contributed by atoms with Gasteiger partial charge in [0.15, 0.2) is 5.75 Å². The zero-order chi connectivity index (χ0) is 18.5. The number of anilines is 1. The summed E-state index contributed by atoms with van der Waals surface area (Å²) >= 11 is 16.2. The minimum absolute atomic E-state index is 0.410. The van der Waals surface area contributed by atoms with Gasteiger partial charge in [0.05, 0.1) is 10.0 Å². The molecule has 3 aromatic rings. The van der Waals surface area contributed by atoms with E-state index in [1.807, 2.05) is 48.5 Å². The molecule has 0 spiro atoms. The number of ether oxygens (including phenoxy) is 1. The molecule has 0 aliphatic carbocycles. The number of hydrogen-bond acceptors (Lipinski definition) is 2. The predicted molar refractivity (Wildman–Crippen MR) is 113 cm³/mol. The Hall–Kier alpha value is -1.68. The molecule has 0 aliphatic rings. The lowest BCUT2D eigenvalue weighted by molar-refractivity contribution is 0.306. The van der Waals surface area contributed by atoms with Crippen LogP contribution in [-0.2, 0) is 13.2 Å². The van der Waals surface area contributed by atoms with E-state index in [9.17, 15) is 0 Å². The van der Waals surface area contributed by atoms with Crippen LogP contribution in [0.1, 0.15) is 16.7 Å². The number of aryl methyl sites for hydroxylation is 1. The second-order valence-corrected chi connectivity index (χ2v) is 7.75. The summed E-state index contributed by atoms with van der Waals surface area (Å²) in [5.74, 6) is 0.510. The monoisotopic (exact) mass is 449 g/mol. The Morgan fingerprint density at radius 2 is 1.50 bits per heavy atom. The smallest absolute Gasteiger partial charge is 0.156 e. The molecule has 0 bridgehead atoms. The maximum Gasteiger partial charge on any atom is 0.156 e. The first-order valence-corrected chi connectivity index (χ1v) is 9.72. The zero-order valence-electron chi connectivity index (χ0n) is 14.2. The van der Waals surface area contributed by atoms with Crippen molar-refractivity contribution >= 4 is 44.8 Å². The van der Waals surface area contributed by atoms with E-state index >= 15 is 0 Å². The van der Waals surface area contributed by atoms with Crippen molar-refractivity contribution in [1.29, 1.82) is 0 Å². The molecule has 0 atom stereocenters. The maximum absolute atomic E-state index is 6.38. The fourth-order valence-corrected chi connectivity index (χ4v) is 3.37. The van der Waals surface area contributed by atoms with E-state index in [1.165, 1.54) is 5.56 Å². The Morgan fingerprint density at radius 3 is 2.12 bits per heavy atom. The highest BCUT2D eigenvalue weighted by atomic mass is 79.9. The second kappa shape index (κ2) is 8.81. The Kier molecular flexibility index (Phi) is 6.47. The maximum atomic E-state index is 6.38. The summed E-state index contributed by atoms with van der Waals surface area (Å²) in [6.07, 6.45) is 0. The molecular formula is C21H18BrCl2NO. The van der Waals surface area contributed by atoms with E-state index in [0.29, 0.717) is 28.9 Å². The molecule has 3 aromatic carbocycles. The van der Waals surface area contributed by atoms with E-state index in [0.717, 1.165) is 21.3 Å². The summed E-state index contributed by atoms with van der Waals surface area (Å²) in [5.41, 5.74) is 4.33. The summed E-state index contributed by atoms with van der Waals surface area (Å²) in [5, 5.41) is 4.38. The number of rotatable bonds is 6. The van der Waals surface area contributed by atoms with Gasteiger partial charge in [0.2, 0.25) is 0 Å². The minimum Gasteiger partial charge on any atom is -0.486 e. The summed E-state index contributed by atoms with van der Waals surface area (Å²) in [6.45, 7) is 3.11. The number of nitrogens with one attached hydrogen (secondary N) is 1. The van der Waals surface area contributed by atoms with Crippen LogP contribution in [0.3, 0.4) is 0 Å². The molecule has 0 aromatic heterocycles. The number of benzene rings is 3. The fraction of sp³-hybridized carbons (Fsp3) is 0.143. The van der Waals surface area contributed by atoms with Crippen molar-refractivity contribution in [2.75, 3.05) is 5.32 Å². The largest absolute Gasteiger partial charge is 0.486 e. The van der Waals surface area contributed by atoms with Crippen LogP contribution in [0.2, 0.25) is 10.0 Å². The standard InChI is InChI=1S/C21H18BrCl2NO/c1-14-2-8-18(9-3-14)25-12-16-10-19(23)21(20(24)11-16)26-13-15-4-6-17(22)7-5-15/h2-11,25H,12-13H2,1H3. The van der Waals surface area contributed by atoms with Crippen molar-refractivity contribution in [3.63, 3.8) is 0 Å². The molecule has 0 fully saturated rings. The lowest BCUT2D eigenvalue weighted by atomic mass is 10.2. The van der Waals surface area contributed by atoms with Crippen LogP contribution in [0.4, 0.5) is 5.69 Å². The van der Waals surface area contributed by atoms with Gasteiger partial charge in [-0.15, -0.1) is 0 Å². The van der Waals surface area contributed by atoms with Gasteiger partial charge in [-0.1, -0.05) is 69.0 Å². The van der Waals surface area contributed by atoms with Crippen LogP contribution >= 0.6 is 39.1 Å². The molecule has 0 unspecified atom stereocenters. The Labute approximate surface area is 172 Å². The van der Waals surface area contributed by atoms with E-state index in [2.05, 4.69) is 40.3 Å². The first-order chi connectivity index (χ1) is 12.5. The van der Waals surface area contributed by atoms with Crippen molar-refractivity contribution in [2.24, 2.45) is 0 Å². The molecule has 5 heteroatoms. The highest BCUT2D eigenvalue weighted by molar-refractivity contribution is 9.10. The van der Waals surface area contributed by atoms with Gasteiger partial charge in [0, 0.05) is 16.7 Å². The Balaban J connectivity index is 1.65. The van der Waals surface area contributed by atoms with Gasteiger partial charge in [0.1, 0.15) is 6.61 Å². The van der Waals surface area contributed by atoms with E-state index in [-0.39, 0.29) is 0 Å². The van der Waals surface area contributed by atoms with Gasteiger partial charge in [-0.05, 0) is 54.4 Å². The van der Waals surface area contributed by atoms with E-state index in [1.54, 1.807) is 0 Å². The highest BCUT2D eigenvalue weighted by Crippen LogP contribution is 2.35. The quantitative estimate of drug-likeness (QED) is 0.426. The zero-order valence-corrected chi connectivity index (χ0v) is 17.3. The average Bonchev–Trinajstić information content (AvgIpc) is 2.62. The van der Waals surface area contributed by atoms with Gasteiger partial charge in [0.25, 0.3) is 0 Å². The molecule has 26 heavy (non-hydrogen) atoms. The van der Waals surface area contributed by atoms with Crippen molar-refractivity contribution < 1.29 is 4.74 Å². The molecule has 2 nitrogen and oxygen atoms in total. The molecule has 0 radical (unpaired) electrons. The van der Waals surface area contributed by atoms with Crippen LogP contribution < -0.4 is 10.1 Å². The molecule has 0 amide bonds. The summed E-state index contributed by atoms with van der Waals surface area (Å²) in [4.78, 5) is 0.